The van der Waals surface area contributed by atoms with Gasteiger partial charge in [0, 0.05) is 18.8 Å². The molecule has 0 aliphatic carbocycles. The summed E-state index contributed by atoms with van der Waals surface area (Å²) >= 11 is 1.80. The van der Waals surface area contributed by atoms with E-state index in [1.807, 2.05) is 0 Å². The third-order valence-electron chi connectivity index (χ3n) is 2.92. The first-order chi connectivity index (χ1) is 8.64. The van der Waals surface area contributed by atoms with E-state index in [2.05, 4.69) is 0 Å². The molecular formula is C12H17NO3S2. The molecule has 1 N–H and O–H groups in total. The fourth-order valence-corrected chi connectivity index (χ4v) is 4.36. The first kappa shape index (κ1) is 13.9. The van der Waals surface area contributed by atoms with Gasteiger partial charge in [-0.2, -0.15) is 16.1 Å². The van der Waals surface area contributed by atoms with Crippen molar-refractivity contribution in [3.63, 3.8) is 0 Å². The fraction of sp³-hybridized carbons (Fsp3) is 0.500. The third-order valence-corrected chi connectivity index (χ3v) is 5.89. The van der Waals surface area contributed by atoms with Gasteiger partial charge < -0.3 is 5.11 Å². The van der Waals surface area contributed by atoms with Crippen molar-refractivity contribution in [2.24, 2.45) is 0 Å². The second-order valence-corrected chi connectivity index (χ2v) is 7.33. The molecule has 0 radical (unpaired) electrons. The Morgan fingerprint density at radius 3 is 2.56 bits per heavy atom. The molecule has 1 aliphatic rings. The maximum atomic E-state index is 12.4. The van der Waals surface area contributed by atoms with Gasteiger partial charge in [0.25, 0.3) is 0 Å². The topological polar surface area (TPSA) is 57.6 Å². The zero-order valence-corrected chi connectivity index (χ0v) is 11.7. The smallest absolute Gasteiger partial charge is 0.243 e. The van der Waals surface area contributed by atoms with Gasteiger partial charge in [-0.05, 0) is 29.9 Å². The van der Waals surface area contributed by atoms with Crippen LogP contribution in [-0.2, 0) is 16.6 Å². The summed E-state index contributed by atoms with van der Waals surface area (Å²) in [6.07, 6.45) is 0.901. The average Bonchev–Trinajstić information content (AvgIpc) is 2.68. The third kappa shape index (κ3) is 3.06. The number of rotatable bonds is 3. The largest absolute Gasteiger partial charge is 0.392 e. The number of aliphatic hydroxyl groups is 1. The van der Waals surface area contributed by atoms with E-state index < -0.39 is 10.0 Å². The van der Waals surface area contributed by atoms with Crippen LogP contribution >= 0.6 is 11.8 Å². The van der Waals surface area contributed by atoms with Crippen molar-refractivity contribution in [1.82, 2.24) is 4.31 Å². The van der Waals surface area contributed by atoms with Crippen molar-refractivity contribution >= 4 is 21.8 Å². The van der Waals surface area contributed by atoms with Crippen LogP contribution in [0.5, 0.6) is 0 Å². The van der Waals surface area contributed by atoms with Crippen molar-refractivity contribution in [2.75, 3.05) is 24.6 Å². The molecule has 0 unspecified atom stereocenters. The van der Waals surface area contributed by atoms with Gasteiger partial charge in [0.05, 0.1) is 11.5 Å². The summed E-state index contributed by atoms with van der Waals surface area (Å²) in [7, 11) is -3.37. The highest BCUT2D eigenvalue weighted by atomic mass is 32.2. The van der Waals surface area contributed by atoms with Gasteiger partial charge in [-0.3, -0.25) is 0 Å². The Hall–Kier alpha value is -0.560. The Bertz CT molecular complexity index is 477. The number of nitrogens with zero attached hydrogens (tertiary/aromatic N) is 1. The first-order valence-electron chi connectivity index (χ1n) is 5.92. The minimum absolute atomic E-state index is 0.0688. The highest BCUT2D eigenvalue weighted by Gasteiger charge is 2.24. The molecule has 0 bridgehead atoms. The van der Waals surface area contributed by atoms with Crippen LogP contribution in [0.4, 0.5) is 0 Å². The van der Waals surface area contributed by atoms with E-state index in [0.717, 1.165) is 23.5 Å². The number of thioether (sulfide) groups is 1. The molecule has 1 aromatic rings. The van der Waals surface area contributed by atoms with Crippen molar-refractivity contribution in [2.45, 2.75) is 17.9 Å². The average molecular weight is 287 g/mol. The van der Waals surface area contributed by atoms with E-state index in [0.29, 0.717) is 18.0 Å². The highest BCUT2D eigenvalue weighted by molar-refractivity contribution is 7.99. The van der Waals surface area contributed by atoms with Crippen molar-refractivity contribution in [3.8, 4) is 0 Å². The van der Waals surface area contributed by atoms with Gasteiger partial charge in [0.2, 0.25) is 10.0 Å². The zero-order valence-electron chi connectivity index (χ0n) is 10.1. The van der Waals surface area contributed by atoms with E-state index in [1.165, 1.54) is 0 Å². The molecule has 1 aliphatic heterocycles. The Balaban J connectivity index is 2.22. The molecule has 1 aromatic carbocycles. The van der Waals surface area contributed by atoms with Crippen molar-refractivity contribution < 1.29 is 13.5 Å². The number of hydrogen-bond donors (Lipinski definition) is 1. The van der Waals surface area contributed by atoms with Crippen molar-refractivity contribution in [3.05, 3.63) is 29.8 Å². The van der Waals surface area contributed by atoms with E-state index in [1.54, 1.807) is 40.3 Å². The highest BCUT2D eigenvalue weighted by Crippen LogP contribution is 2.20. The Labute approximate surface area is 112 Å². The van der Waals surface area contributed by atoms with Crippen LogP contribution < -0.4 is 0 Å². The van der Waals surface area contributed by atoms with Crippen LogP contribution in [0.2, 0.25) is 0 Å². The summed E-state index contributed by atoms with van der Waals surface area (Å²) in [4.78, 5) is 0.312. The van der Waals surface area contributed by atoms with Crippen LogP contribution in [0.1, 0.15) is 12.0 Å². The maximum absolute atomic E-state index is 12.4. The molecule has 0 atom stereocenters. The van der Waals surface area contributed by atoms with E-state index in [4.69, 9.17) is 5.11 Å². The van der Waals surface area contributed by atoms with Crippen LogP contribution in [0.15, 0.2) is 29.2 Å². The second-order valence-electron chi connectivity index (χ2n) is 4.17. The SMILES string of the molecule is O=S(=O)(c1ccc(CO)cc1)N1CCCSCC1. The zero-order chi connectivity index (χ0) is 13.0. The predicted octanol–water partition coefficient (Wildman–Crippen LogP) is 1.31. The van der Waals surface area contributed by atoms with Crippen LogP contribution in [0.25, 0.3) is 0 Å². The summed E-state index contributed by atoms with van der Waals surface area (Å²) in [6.45, 7) is 1.10. The molecule has 4 nitrogen and oxygen atoms in total. The Morgan fingerprint density at radius 2 is 1.89 bits per heavy atom. The summed E-state index contributed by atoms with van der Waals surface area (Å²) < 4.78 is 26.3. The molecule has 0 saturated carbocycles. The molecule has 1 fully saturated rings. The summed E-state index contributed by atoms with van der Waals surface area (Å²) in [5, 5.41) is 8.95. The molecule has 18 heavy (non-hydrogen) atoms. The standard InChI is InChI=1S/C12H17NO3S2/c14-10-11-2-4-12(5-3-11)18(15,16)13-6-1-8-17-9-7-13/h2-5,14H,1,6-10H2. The van der Waals surface area contributed by atoms with Crippen LogP contribution in [-0.4, -0.2) is 42.4 Å². The van der Waals surface area contributed by atoms with E-state index >= 15 is 0 Å². The molecule has 6 heteroatoms. The normalized spacial score (nSPS) is 18.5. The van der Waals surface area contributed by atoms with Crippen molar-refractivity contribution in [1.29, 1.82) is 0 Å². The number of hydrogen-bond acceptors (Lipinski definition) is 4. The Kier molecular flexibility index (Phi) is 4.66. The number of benzene rings is 1. The van der Waals surface area contributed by atoms with Gasteiger partial charge in [-0.1, -0.05) is 12.1 Å². The molecule has 0 spiro atoms. The number of aliphatic hydroxyl groups excluding tert-OH is 1. The van der Waals surface area contributed by atoms with Gasteiger partial charge in [0.1, 0.15) is 0 Å². The van der Waals surface area contributed by atoms with E-state index in [-0.39, 0.29) is 6.61 Å². The quantitative estimate of drug-likeness (QED) is 0.910. The summed E-state index contributed by atoms with van der Waals surface area (Å²) in [5.41, 5.74) is 0.723. The number of sulfonamides is 1. The fourth-order valence-electron chi connectivity index (χ4n) is 1.88. The molecule has 1 heterocycles. The minimum Gasteiger partial charge on any atom is -0.392 e. The Morgan fingerprint density at radius 1 is 1.17 bits per heavy atom. The van der Waals surface area contributed by atoms with Gasteiger partial charge in [-0.15, -0.1) is 0 Å². The van der Waals surface area contributed by atoms with Gasteiger partial charge in [0.15, 0.2) is 0 Å². The lowest BCUT2D eigenvalue weighted by Crippen LogP contribution is -2.32. The second kappa shape index (κ2) is 6.06. The predicted molar refractivity (Wildman–Crippen MR) is 73.1 cm³/mol. The molecule has 0 amide bonds. The molecule has 2 rings (SSSR count). The van der Waals surface area contributed by atoms with Crippen LogP contribution in [0, 0.1) is 0 Å². The lowest BCUT2D eigenvalue weighted by atomic mass is 10.2. The van der Waals surface area contributed by atoms with Gasteiger partial charge in [-0.25, -0.2) is 8.42 Å². The molecule has 1 saturated heterocycles. The monoisotopic (exact) mass is 287 g/mol. The lowest BCUT2D eigenvalue weighted by molar-refractivity contribution is 0.281. The summed E-state index contributed by atoms with van der Waals surface area (Å²) in [5.74, 6) is 1.88. The first-order valence-corrected chi connectivity index (χ1v) is 8.52. The van der Waals surface area contributed by atoms with Gasteiger partial charge >= 0.3 is 0 Å². The molecule has 100 valence electrons. The van der Waals surface area contributed by atoms with E-state index in [9.17, 15) is 8.42 Å². The van der Waals surface area contributed by atoms with Crippen LogP contribution in [0.3, 0.4) is 0 Å². The molecular weight excluding hydrogens is 270 g/mol. The lowest BCUT2D eigenvalue weighted by Gasteiger charge is -2.19. The summed E-state index contributed by atoms with van der Waals surface area (Å²) in [6, 6.07) is 6.44. The molecule has 0 aromatic heterocycles. The maximum Gasteiger partial charge on any atom is 0.243 e. The minimum atomic E-state index is -3.37.